The van der Waals surface area contributed by atoms with Crippen molar-refractivity contribution in [1.82, 2.24) is 4.98 Å². The number of benzene rings is 3. The number of aromatic amines is 1. The molecular formula is C29H29ClN5O2+. The maximum Gasteiger partial charge on any atom is 0.198 e. The lowest BCUT2D eigenvalue weighted by atomic mass is 10.1. The summed E-state index contributed by atoms with van der Waals surface area (Å²) < 4.78 is 5.50. The summed E-state index contributed by atoms with van der Waals surface area (Å²) in [6.45, 7) is 6.19. The summed E-state index contributed by atoms with van der Waals surface area (Å²) >= 11 is 6.19. The smallest absolute Gasteiger partial charge is 0.198 e. The highest BCUT2D eigenvalue weighted by molar-refractivity contribution is 6.44. The summed E-state index contributed by atoms with van der Waals surface area (Å²) in [7, 11) is 0. The number of nitrogens with one attached hydrogen (secondary N) is 2. The maximum atomic E-state index is 12.9. The van der Waals surface area contributed by atoms with E-state index in [9.17, 15) is 4.79 Å². The first-order valence-electron chi connectivity index (χ1n) is 12.6. The first kappa shape index (κ1) is 23.7. The van der Waals surface area contributed by atoms with Gasteiger partial charge in [0.25, 0.3) is 0 Å². The number of halogens is 1. The van der Waals surface area contributed by atoms with Gasteiger partial charge in [-0.25, -0.2) is 5.01 Å². The number of rotatable bonds is 6. The number of ketones is 1. The molecule has 2 N–H and O–H groups in total. The van der Waals surface area contributed by atoms with Gasteiger partial charge in [0.1, 0.15) is 19.6 Å². The van der Waals surface area contributed by atoms with Gasteiger partial charge in [-0.05, 0) is 42.5 Å². The molecule has 3 heterocycles. The molecule has 1 aromatic heterocycles. The zero-order valence-electron chi connectivity index (χ0n) is 20.7. The van der Waals surface area contributed by atoms with Gasteiger partial charge in [0.15, 0.2) is 17.8 Å². The third-order valence-electron chi connectivity index (χ3n) is 7.08. The first-order chi connectivity index (χ1) is 18.1. The van der Waals surface area contributed by atoms with Gasteiger partial charge in [0.2, 0.25) is 0 Å². The number of Topliss-reactive ketones (excluding diaryl/α,β-unsaturated/α-hetero) is 1. The van der Waals surface area contributed by atoms with Crippen molar-refractivity contribution < 1.29 is 14.4 Å². The van der Waals surface area contributed by atoms with Crippen molar-refractivity contribution in [1.29, 1.82) is 0 Å². The number of hydrazone groups is 1. The Morgan fingerprint density at radius 3 is 2.46 bits per heavy atom. The number of carbonyl (C=O) groups excluding carboxylic acids is 1. The molecule has 0 bridgehead atoms. The van der Waals surface area contributed by atoms with Crippen molar-refractivity contribution in [3.63, 3.8) is 0 Å². The van der Waals surface area contributed by atoms with Crippen LogP contribution in [0.3, 0.4) is 0 Å². The maximum absolute atomic E-state index is 12.9. The van der Waals surface area contributed by atoms with E-state index in [1.807, 2.05) is 52.5 Å². The van der Waals surface area contributed by atoms with Gasteiger partial charge in [-0.2, -0.15) is 0 Å². The number of aromatic nitrogens is 1. The second kappa shape index (κ2) is 10.0. The second-order valence-electron chi connectivity index (χ2n) is 9.54. The van der Waals surface area contributed by atoms with E-state index in [0.29, 0.717) is 10.9 Å². The summed E-state index contributed by atoms with van der Waals surface area (Å²) in [6.07, 6.45) is 1.66. The lowest BCUT2D eigenvalue weighted by Gasteiger charge is -2.32. The van der Waals surface area contributed by atoms with Crippen molar-refractivity contribution in [2.45, 2.75) is 19.6 Å². The Kier molecular flexibility index (Phi) is 6.42. The van der Waals surface area contributed by atoms with E-state index in [0.717, 1.165) is 60.7 Å². The van der Waals surface area contributed by atoms with Gasteiger partial charge in [-0.15, -0.1) is 5.10 Å². The molecule has 188 valence electrons. The van der Waals surface area contributed by atoms with Crippen molar-refractivity contribution >= 4 is 45.5 Å². The van der Waals surface area contributed by atoms with E-state index in [2.05, 4.69) is 41.4 Å². The Morgan fingerprint density at radius 1 is 1.03 bits per heavy atom. The van der Waals surface area contributed by atoms with E-state index >= 15 is 0 Å². The van der Waals surface area contributed by atoms with Gasteiger partial charge in [0, 0.05) is 45.9 Å². The number of anilines is 2. The molecule has 0 radical (unpaired) electrons. The Morgan fingerprint density at radius 2 is 1.73 bits per heavy atom. The summed E-state index contributed by atoms with van der Waals surface area (Å²) in [4.78, 5) is 19.9. The fourth-order valence-corrected chi connectivity index (χ4v) is 5.33. The van der Waals surface area contributed by atoms with E-state index < -0.39 is 0 Å². The monoisotopic (exact) mass is 514 g/mol. The Hall–Kier alpha value is -3.65. The standard InChI is InChI=1S/C29H28ClN5O2/c1-20(36)28-32-35(24-12-8-22(30)9-13-24)29(26-18-31-27-5-3-2-4-25(26)27)34(28)23-10-6-21(7-11-23)19-33-14-16-37-17-15-33/h2-13,18,29,31H,14-17,19H2,1H3/p+1/t29-/m0/s1. The number of amidine groups is 1. The minimum atomic E-state index is -0.355. The molecular weight excluding hydrogens is 486 g/mol. The van der Waals surface area contributed by atoms with Crippen LogP contribution in [0.5, 0.6) is 0 Å². The van der Waals surface area contributed by atoms with Crippen LogP contribution in [0.1, 0.15) is 24.2 Å². The zero-order valence-corrected chi connectivity index (χ0v) is 21.4. The highest BCUT2D eigenvalue weighted by Crippen LogP contribution is 2.41. The Balaban J connectivity index is 1.42. The largest absolute Gasteiger partial charge is 0.370 e. The van der Waals surface area contributed by atoms with Crippen LogP contribution in [-0.2, 0) is 16.1 Å². The van der Waals surface area contributed by atoms with E-state index in [1.165, 1.54) is 10.5 Å². The molecule has 1 saturated heterocycles. The fourth-order valence-electron chi connectivity index (χ4n) is 5.20. The molecule has 1 atom stereocenters. The van der Waals surface area contributed by atoms with E-state index in [1.54, 1.807) is 6.92 Å². The van der Waals surface area contributed by atoms with Gasteiger partial charge < -0.3 is 14.6 Å². The molecule has 4 aromatic rings. The van der Waals surface area contributed by atoms with Crippen molar-refractivity contribution in [3.8, 4) is 0 Å². The number of para-hydroxylation sites is 1. The van der Waals surface area contributed by atoms with Gasteiger partial charge in [-0.3, -0.25) is 9.69 Å². The third-order valence-corrected chi connectivity index (χ3v) is 7.33. The van der Waals surface area contributed by atoms with Crippen molar-refractivity contribution in [2.24, 2.45) is 5.10 Å². The molecule has 0 unspecified atom stereocenters. The summed E-state index contributed by atoms with van der Waals surface area (Å²) in [6, 6.07) is 24.3. The molecule has 6 rings (SSSR count). The Bertz CT molecular complexity index is 1440. The van der Waals surface area contributed by atoms with Crippen molar-refractivity contribution in [3.05, 3.63) is 95.1 Å². The van der Waals surface area contributed by atoms with E-state index in [4.69, 9.17) is 21.4 Å². The SMILES string of the molecule is CC(=O)C1=NN(c2ccc(Cl)cc2)[C@@H](c2c[nH]c3ccccc23)N1c1ccc(C[NH+]2CCOCC2)cc1. The Labute approximate surface area is 220 Å². The summed E-state index contributed by atoms with van der Waals surface area (Å²) in [5, 5.41) is 8.51. The average Bonchev–Trinajstić information content (AvgIpc) is 3.52. The molecule has 2 aliphatic rings. The van der Waals surface area contributed by atoms with Crippen LogP contribution >= 0.6 is 11.6 Å². The zero-order chi connectivity index (χ0) is 25.4. The highest BCUT2D eigenvalue weighted by Gasteiger charge is 2.40. The van der Waals surface area contributed by atoms with Crippen LogP contribution < -0.4 is 14.8 Å². The quantitative estimate of drug-likeness (QED) is 0.405. The molecule has 0 spiro atoms. The van der Waals surface area contributed by atoms with Crippen LogP contribution in [0.4, 0.5) is 11.4 Å². The first-order valence-corrected chi connectivity index (χ1v) is 13.0. The lowest BCUT2D eigenvalue weighted by molar-refractivity contribution is -0.921. The number of H-pyrrole nitrogens is 1. The number of carbonyl (C=O) groups is 1. The fraction of sp³-hybridized carbons (Fsp3) is 0.241. The van der Waals surface area contributed by atoms with Crippen LogP contribution in [-0.4, -0.2) is 42.9 Å². The van der Waals surface area contributed by atoms with Crippen molar-refractivity contribution in [2.75, 3.05) is 36.2 Å². The molecule has 8 heteroatoms. The molecule has 3 aromatic carbocycles. The predicted octanol–water partition coefficient (Wildman–Crippen LogP) is 4.16. The van der Waals surface area contributed by atoms with Crippen LogP contribution in [0, 0.1) is 0 Å². The molecule has 0 saturated carbocycles. The third kappa shape index (κ3) is 4.62. The average molecular weight is 515 g/mol. The second-order valence-corrected chi connectivity index (χ2v) is 9.98. The number of nitrogens with zero attached hydrogens (tertiary/aromatic N) is 3. The molecule has 7 nitrogen and oxygen atoms in total. The highest BCUT2D eigenvalue weighted by atomic mass is 35.5. The number of hydrogen-bond acceptors (Lipinski definition) is 5. The summed E-state index contributed by atoms with van der Waals surface area (Å²) in [5.41, 5.74) is 5.11. The number of quaternary nitrogens is 1. The van der Waals surface area contributed by atoms with Gasteiger partial charge >= 0.3 is 0 Å². The molecule has 0 amide bonds. The molecule has 37 heavy (non-hydrogen) atoms. The topological polar surface area (TPSA) is 65.4 Å². The molecule has 2 aliphatic heterocycles. The number of ether oxygens (including phenoxy) is 1. The molecule has 0 aliphatic carbocycles. The lowest BCUT2D eigenvalue weighted by Crippen LogP contribution is -3.12. The number of hydrogen-bond donors (Lipinski definition) is 2. The van der Waals surface area contributed by atoms with Crippen LogP contribution in [0.15, 0.2) is 84.1 Å². The minimum absolute atomic E-state index is 0.0943. The normalized spacial score (nSPS) is 18.4. The van der Waals surface area contributed by atoms with Gasteiger partial charge in [0.05, 0.1) is 18.9 Å². The molecule has 1 fully saturated rings. The number of morpholine rings is 1. The van der Waals surface area contributed by atoms with Crippen LogP contribution in [0.25, 0.3) is 10.9 Å². The minimum Gasteiger partial charge on any atom is -0.370 e. The summed E-state index contributed by atoms with van der Waals surface area (Å²) in [5.74, 6) is 0.305. The number of fused-ring (bicyclic) bond motifs is 1. The van der Waals surface area contributed by atoms with Gasteiger partial charge in [-0.1, -0.05) is 41.9 Å². The van der Waals surface area contributed by atoms with E-state index in [-0.39, 0.29) is 11.9 Å². The van der Waals surface area contributed by atoms with Crippen LogP contribution in [0.2, 0.25) is 5.02 Å². The predicted molar refractivity (Wildman–Crippen MR) is 147 cm³/mol.